The van der Waals surface area contributed by atoms with Crippen LogP contribution in [0.4, 0.5) is 4.39 Å². The van der Waals surface area contributed by atoms with Gasteiger partial charge in [-0.15, -0.1) is 0 Å². The fraction of sp³-hybridized carbons (Fsp3) is 0.714. The zero-order valence-corrected chi connectivity index (χ0v) is 15.6. The molecule has 1 aliphatic rings. The van der Waals surface area contributed by atoms with E-state index in [-0.39, 0.29) is 0 Å². The van der Waals surface area contributed by atoms with Crippen LogP contribution in [0.15, 0.2) is 0 Å². The number of rotatable bonds is 1. The van der Waals surface area contributed by atoms with Crippen LogP contribution in [0.2, 0.25) is 0 Å². The number of hydrogen-bond donors (Lipinski definition) is 8. The van der Waals surface area contributed by atoms with Crippen molar-refractivity contribution in [1.82, 2.24) is 0 Å². The van der Waals surface area contributed by atoms with Gasteiger partial charge in [-0.05, 0) is 0 Å². The van der Waals surface area contributed by atoms with E-state index in [1.165, 1.54) is 0 Å². The van der Waals surface area contributed by atoms with Crippen molar-refractivity contribution in [2.45, 2.75) is 58.5 Å². The molecule has 14 heteroatoms. The van der Waals surface area contributed by atoms with Gasteiger partial charge in [0.05, 0.1) is 6.61 Å². The Bertz CT molecular complexity index is 388. The van der Waals surface area contributed by atoms with Gasteiger partial charge in [-0.2, -0.15) is 0 Å². The summed E-state index contributed by atoms with van der Waals surface area (Å²) in [5, 5.41) is 65.1. The number of carboxylic acids is 4. The second-order valence-corrected chi connectivity index (χ2v) is 4.76. The lowest BCUT2D eigenvalue weighted by Gasteiger charge is -2.36. The van der Waals surface area contributed by atoms with Gasteiger partial charge in [0.1, 0.15) is 24.4 Å². The summed E-state index contributed by atoms with van der Waals surface area (Å²) >= 11 is 0. The molecule has 1 aliphatic heterocycles. The molecule has 28 heavy (non-hydrogen) atoms. The first-order valence-electron chi connectivity index (χ1n) is 7.23. The maximum Gasteiger partial charge on any atom is 0.300 e. The Balaban J connectivity index is -0.000000150. The van der Waals surface area contributed by atoms with Crippen molar-refractivity contribution in [3.8, 4) is 0 Å². The van der Waals surface area contributed by atoms with Gasteiger partial charge in [-0.1, -0.05) is 0 Å². The maximum absolute atomic E-state index is 12.6. The van der Waals surface area contributed by atoms with E-state index >= 15 is 0 Å². The van der Waals surface area contributed by atoms with E-state index in [1.54, 1.807) is 0 Å². The number of halogens is 1. The number of aliphatic hydroxyl groups excluding tert-OH is 4. The third kappa shape index (κ3) is 31.4. The summed E-state index contributed by atoms with van der Waals surface area (Å²) in [5.74, 6) is -3.33. The predicted octanol–water partition coefficient (Wildman–Crippen LogP) is -1.88. The fourth-order valence-corrected chi connectivity index (χ4v) is 1.06. The molecule has 0 aromatic carbocycles. The molecule has 0 aromatic rings. The highest BCUT2D eigenvalue weighted by molar-refractivity contribution is 5.63. The normalized spacial score (nSPS) is 24.7. The lowest BCUT2D eigenvalue weighted by molar-refractivity contribution is -0.262. The zero-order chi connectivity index (χ0) is 23.6. The van der Waals surface area contributed by atoms with Crippen LogP contribution in [0.25, 0.3) is 0 Å². The quantitative estimate of drug-likeness (QED) is 0.231. The minimum absolute atomic E-state index is 0.606. The lowest BCUT2D eigenvalue weighted by Crippen LogP contribution is -2.57. The molecule has 1 heterocycles. The molecule has 1 rings (SSSR count). The lowest BCUT2D eigenvalue weighted by atomic mass is 10.00. The number of aliphatic carboxylic acids is 4. The molecule has 0 aliphatic carbocycles. The highest BCUT2D eigenvalue weighted by Crippen LogP contribution is 2.21. The topological polar surface area (TPSA) is 239 Å². The van der Waals surface area contributed by atoms with Crippen LogP contribution < -0.4 is 0 Å². The van der Waals surface area contributed by atoms with Gasteiger partial charge < -0.3 is 45.6 Å². The third-order valence-electron chi connectivity index (χ3n) is 1.83. The minimum atomic E-state index is -2.07. The molecule has 168 valence electrons. The van der Waals surface area contributed by atoms with E-state index in [0.29, 0.717) is 0 Å². The first-order chi connectivity index (χ1) is 12.5. The van der Waals surface area contributed by atoms with E-state index in [2.05, 4.69) is 4.74 Å². The van der Waals surface area contributed by atoms with E-state index in [9.17, 15) is 4.39 Å². The van der Waals surface area contributed by atoms with Gasteiger partial charge in [-0.25, -0.2) is 4.39 Å². The second kappa shape index (κ2) is 19.4. The van der Waals surface area contributed by atoms with E-state index in [0.717, 1.165) is 27.7 Å². The summed E-state index contributed by atoms with van der Waals surface area (Å²) in [6.07, 6.45) is -8.09. The number of aliphatic hydroxyl groups is 4. The van der Waals surface area contributed by atoms with Gasteiger partial charge in [0.2, 0.25) is 6.36 Å². The smallest absolute Gasteiger partial charge is 0.300 e. The molecule has 1 saturated heterocycles. The molecule has 1 fully saturated rings. The molecule has 13 nitrogen and oxygen atoms in total. The highest BCUT2D eigenvalue weighted by Gasteiger charge is 2.43. The molecule has 0 aromatic heterocycles. The van der Waals surface area contributed by atoms with Crippen molar-refractivity contribution in [2.24, 2.45) is 0 Å². The second-order valence-electron chi connectivity index (χ2n) is 4.76. The molecule has 0 bridgehead atoms. The van der Waals surface area contributed by atoms with Crippen molar-refractivity contribution < 1.29 is 69.2 Å². The number of carbonyl (C=O) groups is 4. The summed E-state index contributed by atoms with van der Waals surface area (Å²) in [4.78, 5) is 36.0. The Kier molecular flexibility index (Phi) is 23.0. The van der Waals surface area contributed by atoms with Gasteiger partial charge in [0.15, 0.2) is 0 Å². The number of ether oxygens (including phenoxy) is 1. The summed E-state index contributed by atoms with van der Waals surface area (Å²) in [6.45, 7) is 3.73. The van der Waals surface area contributed by atoms with Crippen LogP contribution in [-0.4, -0.2) is 102 Å². The van der Waals surface area contributed by atoms with Gasteiger partial charge >= 0.3 is 0 Å². The summed E-state index contributed by atoms with van der Waals surface area (Å²) < 4.78 is 16.9. The van der Waals surface area contributed by atoms with E-state index in [1.807, 2.05) is 0 Å². The molecule has 5 atom stereocenters. The van der Waals surface area contributed by atoms with Crippen LogP contribution in [0.3, 0.4) is 0 Å². The SMILES string of the molecule is CC(=O)O.CC(=O)O.CC(=O)O.CC(=O)O.OC[C@H]1OC(F)[C@H](O)[C@@H](O)[C@H]1O. The van der Waals surface area contributed by atoms with Crippen molar-refractivity contribution in [3.63, 3.8) is 0 Å². The molecule has 1 unspecified atom stereocenters. The number of hydrogen-bond acceptors (Lipinski definition) is 9. The molecule has 0 amide bonds. The number of alkyl halides is 1. The molecule has 8 N–H and O–H groups in total. The summed E-state index contributed by atoms with van der Waals surface area (Å²) in [6, 6.07) is 0. The van der Waals surface area contributed by atoms with Gasteiger partial charge in [0, 0.05) is 27.7 Å². The Morgan fingerprint density at radius 1 is 0.714 bits per heavy atom. The van der Waals surface area contributed by atoms with Gasteiger partial charge in [0.25, 0.3) is 23.9 Å². The Morgan fingerprint density at radius 2 is 0.964 bits per heavy atom. The van der Waals surface area contributed by atoms with Crippen molar-refractivity contribution in [2.75, 3.05) is 6.61 Å². The molecular weight excluding hydrogens is 395 g/mol. The Hall–Kier alpha value is -2.39. The Labute approximate surface area is 159 Å². The minimum Gasteiger partial charge on any atom is -0.481 e. The molecular formula is C14H27FO13. The average molecular weight is 422 g/mol. The van der Waals surface area contributed by atoms with Crippen LogP contribution in [0, 0.1) is 0 Å². The van der Waals surface area contributed by atoms with E-state index < -0.39 is 61.3 Å². The predicted molar refractivity (Wildman–Crippen MR) is 88.1 cm³/mol. The largest absolute Gasteiger partial charge is 0.481 e. The Morgan fingerprint density at radius 3 is 1.18 bits per heavy atom. The van der Waals surface area contributed by atoms with Crippen LogP contribution in [0.5, 0.6) is 0 Å². The van der Waals surface area contributed by atoms with Gasteiger partial charge in [-0.3, -0.25) is 19.2 Å². The maximum atomic E-state index is 12.6. The van der Waals surface area contributed by atoms with Crippen molar-refractivity contribution in [1.29, 1.82) is 0 Å². The van der Waals surface area contributed by atoms with Crippen molar-refractivity contribution in [3.05, 3.63) is 0 Å². The first kappa shape index (κ1) is 33.2. The standard InChI is InChI=1S/C6H11FO5.4C2H4O2/c7-6-5(11)4(10)3(9)2(1-8)12-6;4*1-2(3)4/h2-6,8-11H,1H2;4*1H3,(H,3,4)/t2-,3+,4+,5-,6?;;;;/m1..../s1. The van der Waals surface area contributed by atoms with Crippen LogP contribution >= 0.6 is 0 Å². The highest BCUT2D eigenvalue weighted by atomic mass is 19.1. The first-order valence-corrected chi connectivity index (χ1v) is 7.23. The summed E-state index contributed by atoms with van der Waals surface area (Å²) in [5.41, 5.74) is 0. The van der Waals surface area contributed by atoms with Crippen molar-refractivity contribution >= 4 is 23.9 Å². The van der Waals surface area contributed by atoms with E-state index in [4.69, 9.17) is 60.0 Å². The molecule has 0 spiro atoms. The fourth-order valence-electron chi connectivity index (χ4n) is 1.06. The zero-order valence-electron chi connectivity index (χ0n) is 15.6. The number of carboxylic acid groups (broad SMARTS) is 4. The summed E-state index contributed by atoms with van der Waals surface area (Å²) in [7, 11) is 0. The van der Waals surface area contributed by atoms with Crippen LogP contribution in [0.1, 0.15) is 27.7 Å². The molecule has 0 saturated carbocycles. The monoisotopic (exact) mass is 422 g/mol. The average Bonchev–Trinajstić information content (AvgIpc) is 2.46. The van der Waals surface area contributed by atoms with Crippen LogP contribution in [-0.2, 0) is 23.9 Å². The third-order valence-corrected chi connectivity index (χ3v) is 1.83. The molecule has 0 radical (unpaired) electrons.